The second-order valence-electron chi connectivity index (χ2n) is 6.04. The third-order valence-electron chi connectivity index (χ3n) is 4.62. The van der Waals surface area contributed by atoms with E-state index in [2.05, 4.69) is 5.10 Å². The predicted molar refractivity (Wildman–Crippen MR) is 70.8 cm³/mol. The molecule has 3 atom stereocenters. The number of methoxy groups -OCH3 is 1. The lowest BCUT2D eigenvalue weighted by atomic mass is 10.0. The van der Waals surface area contributed by atoms with Gasteiger partial charge in [0.2, 0.25) is 5.91 Å². The van der Waals surface area contributed by atoms with E-state index in [0.717, 1.165) is 23.6 Å². The van der Waals surface area contributed by atoms with Crippen molar-refractivity contribution >= 4 is 5.91 Å². The highest BCUT2D eigenvalue weighted by molar-refractivity contribution is 5.76. The summed E-state index contributed by atoms with van der Waals surface area (Å²) in [5.41, 5.74) is -0.971. The Labute approximate surface area is 126 Å². The summed E-state index contributed by atoms with van der Waals surface area (Å²) in [7, 11) is 1.70. The van der Waals surface area contributed by atoms with Crippen molar-refractivity contribution in [2.75, 3.05) is 20.2 Å². The largest absolute Gasteiger partial charge is 0.435 e. The van der Waals surface area contributed by atoms with Gasteiger partial charge in [-0.25, -0.2) is 0 Å². The number of fused-ring (bicyclic) bond motifs is 1. The lowest BCUT2D eigenvalue weighted by Gasteiger charge is -2.19. The SMILES string of the molecule is COC1C[C@@H]2CN(C(=O)Cn3ccc(C(F)(F)F)n3)C[C@@H]2C1. The van der Waals surface area contributed by atoms with Crippen LogP contribution in [-0.4, -0.2) is 46.9 Å². The van der Waals surface area contributed by atoms with Crippen molar-refractivity contribution in [3.05, 3.63) is 18.0 Å². The van der Waals surface area contributed by atoms with Crippen LogP contribution in [-0.2, 0) is 22.3 Å². The molecule has 0 radical (unpaired) electrons. The van der Waals surface area contributed by atoms with E-state index in [4.69, 9.17) is 4.74 Å². The van der Waals surface area contributed by atoms with E-state index in [9.17, 15) is 18.0 Å². The molecular formula is C14H18F3N3O2. The van der Waals surface area contributed by atoms with Crippen molar-refractivity contribution in [1.82, 2.24) is 14.7 Å². The number of alkyl halides is 3. The van der Waals surface area contributed by atoms with Crippen LogP contribution in [0.1, 0.15) is 18.5 Å². The van der Waals surface area contributed by atoms with Crippen molar-refractivity contribution in [1.29, 1.82) is 0 Å². The highest BCUT2D eigenvalue weighted by atomic mass is 19.4. The minimum Gasteiger partial charge on any atom is -0.381 e. The molecule has 1 unspecified atom stereocenters. The van der Waals surface area contributed by atoms with Gasteiger partial charge in [0.25, 0.3) is 0 Å². The number of likely N-dealkylation sites (tertiary alicyclic amines) is 1. The van der Waals surface area contributed by atoms with Crippen molar-refractivity contribution in [2.45, 2.75) is 31.7 Å². The summed E-state index contributed by atoms with van der Waals surface area (Å²) in [6.45, 7) is 1.18. The number of amides is 1. The van der Waals surface area contributed by atoms with E-state index >= 15 is 0 Å². The number of nitrogens with zero attached hydrogens (tertiary/aromatic N) is 3. The molecule has 5 nitrogen and oxygen atoms in total. The maximum Gasteiger partial charge on any atom is 0.435 e. The third kappa shape index (κ3) is 2.97. The van der Waals surface area contributed by atoms with Crippen molar-refractivity contribution in [2.24, 2.45) is 11.8 Å². The van der Waals surface area contributed by atoms with Crippen LogP contribution < -0.4 is 0 Å². The first-order valence-corrected chi connectivity index (χ1v) is 7.28. The molecule has 0 bridgehead atoms. The summed E-state index contributed by atoms with van der Waals surface area (Å²) in [5, 5.41) is 3.41. The maximum absolute atomic E-state index is 12.5. The summed E-state index contributed by atoms with van der Waals surface area (Å²) < 4.78 is 43.9. The molecule has 1 aliphatic carbocycles. The second kappa shape index (κ2) is 5.57. The van der Waals surface area contributed by atoms with Crippen molar-refractivity contribution in [3.8, 4) is 0 Å². The number of hydrogen-bond acceptors (Lipinski definition) is 3. The number of hydrogen-bond donors (Lipinski definition) is 0. The summed E-state index contributed by atoms with van der Waals surface area (Å²) in [4.78, 5) is 13.9. The Morgan fingerprint density at radius 2 is 2.00 bits per heavy atom. The van der Waals surface area contributed by atoms with Gasteiger partial charge >= 0.3 is 6.18 Å². The minimum atomic E-state index is -4.48. The zero-order valence-corrected chi connectivity index (χ0v) is 12.2. The van der Waals surface area contributed by atoms with Crippen LogP contribution in [0.4, 0.5) is 13.2 Å². The molecule has 2 fully saturated rings. The zero-order chi connectivity index (χ0) is 15.9. The maximum atomic E-state index is 12.5. The fourth-order valence-corrected chi connectivity index (χ4v) is 3.48. The van der Waals surface area contributed by atoms with Gasteiger partial charge in [-0.05, 0) is 30.7 Å². The van der Waals surface area contributed by atoms with E-state index in [0.29, 0.717) is 24.9 Å². The summed E-state index contributed by atoms with van der Waals surface area (Å²) in [6, 6.07) is 0.884. The number of rotatable bonds is 3. The van der Waals surface area contributed by atoms with Crippen molar-refractivity contribution < 1.29 is 22.7 Å². The van der Waals surface area contributed by atoms with Crippen LogP contribution in [0.3, 0.4) is 0 Å². The smallest absolute Gasteiger partial charge is 0.381 e. The third-order valence-corrected chi connectivity index (χ3v) is 4.62. The Hall–Kier alpha value is -1.57. The van der Waals surface area contributed by atoms with Crippen LogP contribution in [0.25, 0.3) is 0 Å². The van der Waals surface area contributed by atoms with E-state index in [-0.39, 0.29) is 18.6 Å². The average molecular weight is 317 g/mol. The van der Waals surface area contributed by atoms with E-state index in [1.54, 1.807) is 12.0 Å². The van der Waals surface area contributed by atoms with Crippen molar-refractivity contribution in [3.63, 3.8) is 0 Å². The van der Waals surface area contributed by atoms with Gasteiger partial charge in [-0.2, -0.15) is 18.3 Å². The molecule has 2 heterocycles. The normalized spacial score (nSPS) is 28.2. The fourth-order valence-electron chi connectivity index (χ4n) is 3.48. The van der Waals surface area contributed by atoms with E-state index in [1.165, 1.54) is 6.20 Å². The summed E-state index contributed by atoms with van der Waals surface area (Å²) in [5.74, 6) is 0.703. The quantitative estimate of drug-likeness (QED) is 0.854. The standard InChI is InChI=1S/C14H18F3N3O2/c1-22-11-4-9-6-19(7-10(9)5-11)13(21)8-20-3-2-12(18-20)14(15,16)17/h2-3,9-11H,4-8H2,1H3/t9-,10+,11?. The molecule has 1 saturated heterocycles. The Morgan fingerprint density at radius 1 is 1.36 bits per heavy atom. The first-order chi connectivity index (χ1) is 10.4. The molecule has 2 aliphatic rings. The molecule has 122 valence electrons. The molecule has 0 aromatic carbocycles. The van der Waals surface area contributed by atoms with Gasteiger partial charge in [0.1, 0.15) is 6.54 Å². The molecule has 1 aromatic rings. The molecular weight excluding hydrogens is 299 g/mol. The first kappa shape index (κ1) is 15.3. The highest BCUT2D eigenvalue weighted by Crippen LogP contribution is 2.39. The van der Waals surface area contributed by atoms with Gasteiger partial charge in [0.05, 0.1) is 6.10 Å². The second-order valence-corrected chi connectivity index (χ2v) is 6.04. The Morgan fingerprint density at radius 3 is 2.50 bits per heavy atom. The lowest BCUT2D eigenvalue weighted by Crippen LogP contribution is -2.33. The zero-order valence-electron chi connectivity index (χ0n) is 12.2. The van der Waals surface area contributed by atoms with Gasteiger partial charge in [0, 0.05) is 26.4 Å². The minimum absolute atomic E-state index is 0.150. The van der Waals surface area contributed by atoms with E-state index < -0.39 is 11.9 Å². The number of carbonyl (C=O) groups excluding carboxylic acids is 1. The van der Waals surface area contributed by atoms with Crippen LogP contribution in [0, 0.1) is 11.8 Å². The number of carbonyl (C=O) groups is 1. The topological polar surface area (TPSA) is 47.4 Å². The van der Waals surface area contributed by atoms with Gasteiger partial charge in [0.15, 0.2) is 5.69 Å². The molecule has 1 amide bonds. The average Bonchev–Trinajstić information content (AvgIpc) is 3.10. The molecule has 1 aromatic heterocycles. The Kier molecular flexibility index (Phi) is 3.88. The van der Waals surface area contributed by atoms with Crippen LogP contribution in [0.5, 0.6) is 0 Å². The summed E-state index contributed by atoms with van der Waals surface area (Å²) >= 11 is 0. The molecule has 1 saturated carbocycles. The number of aromatic nitrogens is 2. The molecule has 22 heavy (non-hydrogen) atoms. The predicted octanol–water partition coefficient (Wildman–Crippen LogP) is 1.79. The number of ether oxygens (including phenoxy) is 1. The fraction of sp³-hybridized carbons (Fsp3) is 0.714. The Balaban J connectivity index is 1.57. The Bertz CT molecular complexity index is 544. The molecule has 0 N–H and O–H groups in total. The molecule has 8 heteroatoms. The van der Waals surface area contributed by atoms with E-state index in [1.807, 2.05) is 0 Å². The van der Waals surface area contributed by atoms with Gasteiger partial charge < -0.3 is 9.64 Å². The molecule has 3 rings (SSSR count). The van der Waals surface area contributed by atoms with Gasteiger partial charge in [-0.15, -0.1) is 0 Å². The molecule has 1 aliphatic heterocycles. The number of halogens is 3. The monoisotopic (exact) mass is 317 g/mol. The first-order valence-electron chi connectivity index (χ1n) is 7.28. The van der Waals surface area contributed by atoms with Gasteiger partial charge in [-0.3, -0.25) is 9.48 Å². The molecule has 0 spiro atoms. The lowest BCUT2D eigenvalue weighted by molar-refractivity contribution is -0.142. The van der Waals surface area contributed by atoms with Gasteiger partial charge in [-0.1, -0.05) is 0 Å². The van der Waals surface area contributed by atoms with Crippen LogP contribution >= 0.6 is 0 Å². The summed E-state index contributed by atoms with van der Waals surface area (Å²) in [6.07, 6.45) is -1.12. The highest BCUT2D eigenvalue weighted by Gasteiger charge is 2.42. The van der Waals surface area contributed by atoms with Crippen LogP contribution in [0.15, 0.2) is 12.3 Å². The van der Waals surface area contributed by atoms with Crippen LogP contribution in [0.2, 0.25) is 0 Å².